The van der Waals surface area contributed by atoms with E-state index >= 15 is 0 Å². The second-order valence-electron chi connectivity index (χ2n) is 5.23. The number of carbonyl (C=O) groups excluding carboxylic acids is 1. The molecule has 1 amide bonds. The van der Waals surface area contributed by atoms with Crippen molar-refractivity contribution in [3.05, 3.63) is 79.6 Å². The minimum atomic E-state index is -0.741. The minimum Gasteiger partial charge on any atom is -0.312 e. The molecule has 0 bridgehead atoms. The van der Waals surface area contributed by atoms with Gasteiger partial charge < -0.3 is 4.57 Å². The number of allylic oxidation sites excluding steroid dienone is 1. The Kier molecular flexibility index (Phi) is 5.22. The zero-order valence-corrected chi connectivity index (χ0v) is 15.5. The van der Waals surface area contributed by atoms with E-state index in [4.69, 9.17) is 23.2 Å². The lowest BCUT2D eigenvalue weighted by Crippen LogP contribution is -2.16. The molecule has 2 aromatic carbocycles. The highest BCUT2D eigenvalue weighted by molar-refractivity contribution is 7.16. The summed E-state index contributed by atoms with van der Waals surface area (Å²) in [6.45, 7) is 4.13. The molecule has 1 aromatic heterocycles. The number of carbonyl (C=O) groups is 1. The minimum absolute atomic E-state index is 0.164. The van der Waals surface area contributed by atoms with E-state index in [1.54, 1.807) is 22.8 Å². The number of hydrogen-bond acceptors (Lipinski definition) is 4. The van der Waals surface area contributed by atoms with Crippen LogP contribution in [0, 0.1) is 10.1 Å². The number of fused-ring (bicyclic) bond motifs is 1. The van der Waals surface area contributed by atoms with Crippen LogP contribution in [-0.2, 0) is 6.54 Å². The van der Waals surface area contributed by atoms with Gasteiger partial charge in [-0.25, -0.2) is 0 Å². The third-order valence-electron chi connectivity index (χ3n) is 3.54. The highest BCUT2D eigenvalue weighted by atomic mass is 35.5. The molecule has 3 aromatic rings. The predicted molar refractivity (Wildman–Crippen MR) is 103 cm³/mol. The number of amides is 1. The van der Waals surface area contributed by atoms with E-state index in [1.807, 2.05) is 6.07 Å². The molecule has 0 N–H and O–H groups in total. The first-order valence-corrected chi connectivity index (χ1v) is 8.90. The van der Waals surface area contributed by atoms with Gasteiger partial charge in [0.05, 0.1) is 15.1 Å². The molecule has 0 saturated heterocycles. The Morgan fingerprint density at radius 3 is 2.65 bits per heavy atom. The molecule has 1 heterocycles. The fraction of sp³-hybridized carbons (Fsp3) is 0.0588. The quantitative estimate of drug-likeness (QED) is 0.352. The molecule has 0 atom stereocenters. The van der Waals surface area contributed by atoms with Crippen LogP contribution in [-0.4, -0.2) is 15.4 Å². The number of halogens is 2. The lowest BCUT2D eigenvalue weighted by Gasteiger charge is -2.02. The van der Waals surface area contributed by atoms with Gasteiger partial charge in [-0.2, -0.15) is 4.99 Å². The summed E-state index contributed by atoms with van der Waals surface area (Å²) in [4.78, 5) is 27.6. The van der Waals surface area contributed by atoms with Crippen LogP contribution in [0.2, 0.25) is 10.0 Å². The first-order chi connectivity index (χ1) is 12.4. The summed E-state index contributed by atoms with van der Waals surface area (Å²) in [5, 5.41) is 12.0. The maximum Gasteiger partial charge on any atom is 0.286 e. The number of aromatic nitrogens is 1. The highest BCUT2D eigenvalue weighted by Crippen LogP contribution is 2.24. The molecule has 6 nitrogen and oxygen atoms in total. The maximum absolute atomic E-state index is 12.6. The number of nitrogens with zero attached hydrogens (tertiary/aromatic N) is 3. The van der Waals surface area contributed by atoms with E-state index in [0.29, 0.717) is 16.4 Å². The van der Waals surface area contributed by atoms with Gasteiger partial charge in [0.1, 0.15) is 5.56 Å². The van der Waals surface area contributed by atoms with Crippen LogP contribution in [0.25, 0.3) is 10.2 Å². The average Bonchev–Trinajstić information content (AvgIpc) is 2.91. The third kappa shape index (κ3) is 3.55. The standard InChI is InChI=1S/C17H11Cl2N3O3S/c1-2-7-21-14-6-4-11(19)9-15(14)26-17(21)20-16(23)12-8-10(18)3-5-13(12)22(24)25/h2-6,8-9H,1,7H2. The predicted octanol–water partition coefficient (Wildman–Crippen LogP) is 4.84. The summed E-state index contributed by atoms with van der Waals surface area (Å²) in [5.74, 6) is -0.741. The Bertz CT molecular complexity index is 1120. The van der Waals surface area contributed by atoms with Crippen LogP contribution < -0.4 is 4.80 Å². The maximum atomic E-state index is 12.6. The van der Waals surface area contributed by atoms with Gasteiger partial charge in [-0.05, 0) is 30.3 Å². The molecule has 0 fully saturated rings. The Labute approximate surface area is 161 Å². The normalized spacial score (nSPS) is 11.7. The number of hydrogen-bond donors (Lipinski definition) is 0. The molecule has 132 valence electrons. The monoisotopic (exact) mass is 407 g/mol. The lowest BCUT2D eigenvalue weighted by atomic mass is 10.2. The number of rotatable bonds is 4. The van der Waals surface area contributed by atoms with Gasteiger partial charge in [-0.3, -0.25) is 14.9 Å². The number of benzene rings is 2. The van der Waals surface area contributed by atoms with Gasteiger partial charge in [-0.1, -0.05) is 40.6 Å². The summed E-state index contributed by atoms with van der Waals surface area (Å²) < 4.78 is 2.63. The van der Waals surface area contributed by atoms with E-state index in [9.17, 15) is 14.9 Å². The number of nitro groups is 1. The largest absolute Gasteiger partial charge is 0.312 e. The molecule has 9 heteroatoms. The second-order valence-corrected chi connectivity index (χ2v) is 7.11. The first-order valence-electron chi connectivity index (χ1n) is 7.33. The van der Waals surface area contributed by atoms with E-state index in [0.717, 1.165) is 10.2 Å². The molecule has 0 spiro atoms. The van der Waals surface area contributed by atoms with Crippen LogP contribution in [0.15, 0.2) is 54.0 Å². The second kappa shape index (κ2) is 7.41. The van der Waals surface area contributed by atoms with Gasteiger partial charge >= 0.3 is 0 Å². The Hall–Kier alpha value is -2.48. The van der Waals surface area contributed by atoms with Crippen molar-refractivity contribution in [3.8, 4) is 0 Å². The van der Waals surface area contributed by atoms with Gasteiger partial charge in [0.15, 0.2) is 4.80 Å². The third-order valence-corrected chi connectivity index (χ3v) is 5.05. The van der Waals surface area contributed by atoms with E-state index < -0.39 is 10.8 Å². The van der Waals surface area contributed by atoms with Gasteiger partial charge in [-0.15, -0.1) is 6.58 Å². The topological polar surface area (TPSA) is 77.5 Å². The van der Waals surface area contributed by atoms with E-state index in [-0.39, 0.29) is 16.3 Å². The van der Waals surface area contributed by atoms with Crippen molar-refractivity contribution in [3.63, 3.8) is 0 Å². The van der Waals surface area contributed by atoms with Crippen molar-refractivity contribution in [2.24, 2.45) is 4.99 Å². The molecule has 0 aliphatic rings. The summed E-state index contributed by atoms with van der Waals surface area (Å²) in [6, 6.07) is 9.12. The van der Waals surface area contributed by atoms with Crippen LogP contribution in [0.5, 0.6) is 0 Å². The summed E-state index contributed by atoms with van der Waals surface area (Å²) in [7, 11) is 0. The van der Waals surface area contributed by atoms with Gasteiger partial charge in [0.2, 0.25) is 0 Å². The van der Waals surface area contributed by atoms with Crippen molar-refractivity contribution >= 4 is 56.3 Å². The zero-order chi connectivity index (χ0) is 18.8. The summed E-state index contributed by atoms with van der Waals surface area (Å²) >= 11 is 13.2. The Morgan fingerprint density at radius 2 is 1.96 bits per heavy atom. The molecule has 0 aliphatic heterocycles. The number of thiazole rings is 1. The zero-order valence-electron chi connectivity index (χ0n) is 13.2. The first kappa shape index (κ1) is 18.3. The molecular weight excluding hydrogens is 397 g/mol. The van der Waals surface area contributed by atoms with Crippen LogP contribution in [0.1, 0.15) is 10.4 Å². The van der Waals surface area contributed by atoms with Gasteiger partial charge in [0, 0.05) is 22.7 Å². The SMILES string of the molecule is C=CCn1c(=NC(=O)c2cc(Cl)ccc2[N+](=O)[O-])sc2cc(Cl)ccc21. The average molecular weight is 408 g/mol. The highest BCUT2D eigenvalue weighted by Gasteiger charge is 2.20. The molecule has 0 saturated carbocycles. The van der Waals surface area contributed by atoms with Crippen molar-refractivity contribution in [1.82, 2.24) is 4.57 Å². The van der Waals surface area contributed by atoms with Crippen LogP contribution >= 0.6 is 34.5 Å². The summed E-state index contributed by atoms with van der Waals surface area (Å²) in [6.07, 6.45) is 1.67. The van der Waals surface area contributed by atoms with Gasteiger partial charge in [0.25, 0.3) is 11.6 Å². The Morgan fingerprint density at radius 1 is 1.27 bits per heavy atom. The summed E-state index contributed by atoms with van der Waals surface area (Å²) in [5.41, 5.74) is 0.331. The van der Waals surface area contributed by atoms with Crippen LogP contribution in [0.3, 0.4) is 0 Å². The molecule has 0 unspecified atom stereocenters. The molecule has 0 radical (unpaired) electrons. The molecule has 0 aliphatic carbocycles. The van der Waals surface area contributed by atoms with Crippen molar-refractivity contribution in [2.45, 2.75) is 6.54 Å². The van der Waals surface area contributed by atoms with E-state index in [2.05, 4.69) is 11.6 Å². The number of nitro benzene ring substituents is 1. The van der Waals surface area contributed by atoms with Crippen molar-refractivity contribution in [1.29, 1.82) is 0 Å². The molecule has 3 rings (SSSR count). The lowest BCUT2D eigenvalue weighted by molar-refractivity contribution is -0.385. The fourth-order valence-corrected chi connectivity index (χ4v) is 3.91. The fourth-order valence-electron chi connectivity index (χ4n) is 2.42. The van der Waals surface area contributed by atoms with Crippen molar-refractivity contribution < 1.29 is 9.72 Å². The van der Waals surface area contributed by atoms with E-state index in [1.165, 1.54) is 29.5 Å². The molecular formula is C17H11Cl2N3O3S. The van der Waals surface area contributed by atoms with Crippen LogP contribution in [0.4, 0.5) is 5.69 Å². The Balaban J connectivity index is 2.20. The smallest absolute Gasteiger partial charge is 0.286 e. The molecule has 26 heavy (non-hydrogen) atoms. The van der Waals surface area contributed by atoms with Crippen molar-refractivity contribution in [2.75, 3.05) is 0 Å².